The Hall–Kier alpha value is -1.000. The van der Waals surface area contributed by atoms with E-state index in [0.717, 1.165) is 20.3 Å². The molecule has 0 saturated heterocycles. The molecule has 0 spiro atoms. The molecule has 0 bridgehead atoms. The molecular weight excluding hydrogens is 346 g/mol. The minimum Gasteiger partial charge on any atom is -0.488 e. The van der Waals surface area contributed by atoms with E-state index in [4.69, 9.17) is 10.5 Å². The molecule has 2 aromatic carbocycles. The molecule has 0 atom stereocenters. The van der Waals surface area contributed by atoms with Gasteiger partial charge in [0.15, 0.2) is 0 Å². The van der Waals surface area contributed by atoms with Crippen molar-refractivity contribution in [2.24, 2.45) is 0 Å². The summed E-state index contributed by atoms with van der Waals surface area (Å²) in [4.78, 5) is 0. The third-order valence-corrected chi connectivity index (χ3v) is 3.59. The molecule has 0 fully saturated rings. The smallest absolute Gasteiger partial charge is 0.136 e. The van der Waals surface area contributed by atoms with Crippen LogP contribution < -0.4 is 10.5 Å². The normalized spacial score (nSPS) is 10.2. The van der Waals surface area contributed by atoms with Crippen molar-refractivity contribution >= 4 is 37.5 Å². The monoisotopic (exact) mass is 355 g/mol. The van der Waals surface area contributed by atoms with Gasteiger partial charge in [-0.3, -0.25) is 0 Å². The first-order valence-corrected chi connectivity index (χ1v) is 6.66. The highest BCUT2D eigenvalue weighted by Crippen LogP contribution is 2.33. The van der Waals surface area contributed by atoms with Gasteiger partial charge in [0.05, 0.1) is 4.47 Å². The highest BCUT2D eigenvalue weighted by Gasteiger charge is 2.05. The number of benzene rings is 2. The Balaban J connectivity index is 2.12. The summed E-state index contributed by atoms with van der Waals surface area (Å²) in [6, 6.07) is 13.7. The van der Waals surface area contributed by atoms with Crippen LogP contribution in [0, 0.1) is 0 Å². The summed E-state index contributed by atoms with van der Waals surface area (Å²) in [7, 11) is 0. The van der Waals surface area contributed by atoms with Crippen LogP contribution in [-0.2, 0) is 6.61 Å². The average molecular weight is 357 g/mol. The fourth-order valence-corrected chi connectivity index (χ4v) is 2.50. The van der Waals surface area contributed by atoms with Crippen LogP contribution in [-0.4, -0.2) is 0 Å². The molecule has 4 heteroatoms. The van der Waals surface area contributed by atoms with Gasteiger partial charge in [0.2, 0.25) is 0 Å². The number of hydrogen-bond donors (Lipinski definition) is 1. The fraction of sp³-hybridized carbons (Fsp3) is 0.0769. The van der Waals surface area contributed by atoms with Crippen LogP contribution in [0.2, 0.25) is 0 Å². The van der Waals surface area contributed by atoms with E-state index in [1.54, 1.807) is 6.07 Å². The first kappa shape index (κ1) is 12.5. The summed E-state index contributed by atoms with van der Waals surface area (Å²) in [5, 5.41) is 0. The second kappa shape index (κ2) is 5.56. The third kappa shape index (κ3) is 3.23. The first-order chi connectivity index (χ1) is 8.16. The molecule has 0 aromatic heterocycles. The van der Waals surface area contributed by atoms with E-state index in [-0.39, 0.29) is 0 Å². The molecule has 2 rings (SSSR count). The third-order valence-electron chi connectivity index (χ3n) is 2.29. The SMILES string of the molecule is Nc1cc(OCc2ccccc2)c(Br)cc1Br. The quantitative estimate of drug-likeness (QED) is 0.828. The van der Waals surface area contributed by atoms with Crippen molar-refractivity contribution in [1.29, 1.82) is 0 Å². The maximum atomic E-state index is 5.81. The van der Waals surface area contributed by atoms with Crippen LogP contribution in [0.3, 0.4) is 0 Å². The van der Waals surface area contributed by atoms with Gasteiger partial charge < -0.3 is 10.5 Å². The van der Waals surface area contributed by atoms with Gasteiger partial charge in [-0.05, 0) is 43.5 Å². The summed E-state index contributed by atoms with van der Waals surface area (Å²) in [6.07, 6.45) is 0. The number of nitrogens with two attached hydrogens (primary N) is 1. The van der Waals surface area contributed by atoms with Gasteiger partial charge in [-0.1, -0.05) is 30.3 Å². The molecule has 0 amide bonds. The molecule has 2 aromatic rings. The van der Waals surface area contributed by atoms with Crippen LogP contribution in [0.5, 0.6) is 5.75 Å². The summed E-state index contributed by atoms with van der Waals surface area (Å²) in [5.74, 6) is 0.745. The van der Waals surface area contributed by atoms with Crippen molar-refractivity contribution in [3.63, 3.8) is 0 Å². The lowest BCUT2D eigenvalue weighted by Gasteiger charge is -2.10. The van der Waals surface area contributed by atoms with Gasteiger partial charge in [-0.15, -0.1) is 0 Å². The van der Waals surface area contributed by atoms with Gasteiger partial charge in [0.1, 0.15) is 12.4 Å². The van der Waals surface area contributed by atoms with Gasteiger partial charge in [-0.2, -0.15) is 0 Å². The number of ether oxygens (including phenoxy) is 1. The number of rotatable bonds is 3. The first-order valence-electron chi connectivity index (χ1n) is 5.08. The van der Waals surface area contributed by atoms with Crippen molar-refractivity contribution in [1.82, 2.24) is 0 Å². The van der Waals surface area contributed by atoms with Gasteiger partial charge in [0.25, 0.3) is 0 Å². The molecule has 0 aliphatic rings. The highest BCUT2D eigenvalue weighted by molar-refractivity contribution is 9.11. The lowest BCUT2D eigenvalue weighted by atomic mass is 10.2. The number of nitrogen functional groups attached to an aromatic ring is 1. The summed E-state index contributed by atoms with van der Waals surface area (Å²) in [5.41, 5.74) is 7.60. The molecular formula is C13H11Br2NO. The topological polar surface area (TPSA) is 35.2 Å². The van der Waals surface area contributed by atoms with Crippen molar-refractivity contribution in [2.45, 2.75) is 6.61 Å². The zero-order valence-electron chi connectivity index (χ0n) is 8.99. The molecule has 88 valence electrons. The molecule has 0 aliphatic heterocycles. The van der Waals surface area contributed by atoms with Gasteiger partial charge >= 0.3 is 0 Å². The maximum Gasteiger partial charge on any atom is 0.136 e. The lowest BCUT2D eigenvalue weighted by Crippen LogP contribution is -1.97. The van der Waals surface area contributed by atoms with E-state index in [1.807, 2.05) is 36.4 Å². The molecule has 2 nitrogen and oxygen atoms in total. The average Bonchev–Trinajstić information content (AvgIpc) is 2.33. The van der Waals surface area contributed by atoms with E-state index >= 15 is 0 Å². The Bertz CT molecular complexity index is 514. The molecule has 0 unspecified atom stereocenters. The molecule has 0 aliphatic carbocycles. The van der Waals surface area contributed by atoms with Gasteiger partial charge in [-0.25, -0.2) is 0 Å². The number of hydrogen-bond acceptors (Lipinski definition) is 2. The Kier molecular flexibility index (Phi) is 4.07. The summed E-state index contributed by atoms with van der Waals surface area (Å²) < 4.78 is 7.45. The Morgan fingerprint density at radius 1 is 1.00 bits per heavy atom. The van der Waals surface area contributed by atoms with E-state index < -0.39 is 0 Å². The van der Waals surface area contributed by atoms with Crippen molar-refractivity contribution < 1.29 is 4.74 Å². The Labute approximate surface area is 117 Å². The predicted molar refractivity (Wildman–Crippen MR) is 77.0 cm³/mol. The summed E-state index contributed by atoms with van der Waals surface area (Å²) in [6.45, 7) is 0.528. The number of anilines is 1. The number of halogens is 2. The fourth-order valence-electron chi connectivity index (χ4n) is 1.39. The van der Waals surface area contributed by atoms with Crippen LogP contribution >= 0.6 is 31.9 Å². The molecule has 0 heterocycles. The Morgan fingerprint density at radius 2 is 1.71 bits per heavy atom. The highest BCUT2D eigenvalue weighted by atomic mass is 79.9. The second-order valence-electron chi connectivity index (χ2n) is 3.58. The zero-order valence-corrected chi connectivity index (χ0v) is 12.2. The molecule has 0 radical (unpaired) electrons. The molecule has 2 N–H and O–H groups in total. The van der Waals surface area contributed by atoms with E-state index in [0.29, 0.717) is 12.3 Å². The van der Waals surface area contributed by atoms with Crippen LogP contribution in [0.25, 0.3) is 0 Å². The van der Waals surface area contributed by atoms with Crippen LogP contribution in [0.15, 0.2) is 51.4 Å². The van der Waals surface area contributed by atoms with Crippen molar-refractivity contribution in [2.75, 3.05) is 5.73 Å². The lowest BCUT2D eigenvalue weighted by molar-refractivity contribution is 0.304. The van der Waals surface area contributed by atoms with Gasteiger partial charge in [0, 0.05) is 16.2 Å². The largest absolute Gasteiger partial charge is 0.488 e. The van der Waals surface area contributed by atoms with E-state index in [2.05, 4.69) is 31.9 Å². The molecule has 0 saturated carbocycles. The minimum atomic E-state index is 0.528. The van der Waals surface area contributed by atoms with Crippen LogP contribution in [0.4, 0.5) is 5.69 Å². The second-order valence-corrected chi connectivity index (χ2v) is 5.29. The summed E-state index contributed by atoms with van der Waals surface area (Å²) >= 11 is 6.81. The zero-order chi connectivity index (χ0) is 12.3. The van der Waals surface area contributed by atoms with Crippen molar-refractivity contribution in [3.05, 3.63) is 57.0 Å². The maximum absolute atomic E-state index is 5.81. The van der Waals surface area contributed by atoms with Crippen LogP contribution in [0.1, 0.15) is 5.56 Å². The Morgan fingerprint density at radius 3 is 2.41 bits per heavy atom. The minimum absolute atomic E-state index is 0.528. The van der Waals surface area contributed by atoms with E-state index in [9.17, 15) is 0 Å². The van der Waals surface area contributed by atoms with E-state index in [1.165, 1.54) is 0 Å². The van der Waals surface area contributed by atoms with Crippen molar-refractivity contribution in [3.8, 4) is 5.75 Å². The molecule has 17 heavy (non-hydrogen) atoms. The predicted octanol–water partition coefficient (Wildman–Crippen LogP) is 4.37. The standard InChI is InChI=1S/C13H11Br2NO/c14-10-6-11(15)13(7-12(10)16)17-8-9-4-2-1-3-5-9/h1-7H,8,16H2.